The number of aliphatic hydroxyl groups is 1. The van der Waals surface area contributed by atoms with Crippen LogP contribution in [0.3, 0.4) is 0 Å². The molecule has 0 aliphatic carbocycles. The van der Waals surface area contributed by atoms with E-state index in [2.05, 4.69) is 14.7 Å². The second-order valence-electron chi connectivity index (χ2n) is 8.86. The van der Waals surface area contributed by atoms with Gasteiger partial charge in [-0.2, -0.15) is 13.2 Å². The molecule has 0 radical (unpaired) electrons. The number of alkyl halides is 3. The minimum absolute atomic E-state index is 0.207. The Morgan fingerprint density at radius 1 is 0.906 bits per heavy atom. The van der Waals surface area contributed by atoms with Crippen molar-refractivity contribution in [2.45, 2.75) is 47.3 Å². The van der Waals surface area contributed by atoms with E-state index in [1.807, 2.05) is 24.3 Å². The van der Waals surface area contributed by atoms with Gasteiger partial charge >= 0.3 is 6.18 Å². The van der Waals surface area contributed by atoms with Gasteiger partial charge in [-0.1, -0.05) is 23.9 Å². The van der Waals surface area contributed by atoms with Crippen LogP contribution in [0.1, 0.15) is 24.8 Å². The lowest BCUT2D eigenvalue weighted by atomic mass is 10.1. The number of para-hydroxylation sites is 1. The number of nitrogens with zero attached hydrogens (tertiary/aromatic N) is 3. The lowest BCUT2D eigenvalue weighted by Gasteiger charge is -2.41. The van der Waals surface area contributed by atoms with Crippen LogP contribution in [0.25, 0.3) is 0 Å². The number of aliphatic hydroxyl groups excluding tert-OH is 1. The second kappa shape index (κ2) is 8.89. The van der Waals surface area contributed by atoms with Crippen molar-refractivity contribution in [2.24, 2.45) is 0 Å². The average Bonchev–Trinajstić information content (AvgIpc) is 3.00. The molecule has 2 aromatic rings. The molecular weight excluding hydrogens is 435 g/mol. The number of rotatable bonds is 6. The summed E-state index contributed by atoms with van der Waals surface area (Å²) in [5.41, 5.74) is 1.03. The number of halogens is 3. The number of likely N-dealkylation sites (tertiary alicyclic amines) is 1. The fraction of sp³-hybridized carbons (Fsp3) is 0.500. The largest absolute Gasteiger partial charge is 0.416 e. The first-order valence-electron chi connectivity index (χ1n) is 11.3. The SMILES string of the molecule is OCCN1C2CCC1CN(CCCN1c3ccccc3Sc3ccc(C(F)(F)F)cc31)C2. The molecule has 32 heavy (non-hydrogen) atoms. The van der Waals surface area contributed by atoms with Gasteiger partial charge in [0, 0.05) is 48.1 Å². The highest BCUT2D eigenvalue weighted by Crippen LogP contribution is 2.49. The third-order valence-electron chi connectivity index (χ3n) is 6.88. The summed E-state index contributed by atoms with van der Waals surface area (Å²) in [6.07, 6.45) is -1.10. The molecule has 0 spiro atoms. The van der Waals surface area contributed by atoms with E-state index in [1.165, 1.54) is 36.7 Å². The average molecular weight is 464 g/mol. The molecule has 2 atom stereocenters. The maximum absolute atomic E-state index is 13.4. The van der Waals surface area contributed by atoms with E-state index in [9.17, 15) is 18.3 Å². The van der Waals surface area contributed by atoms with Gasteiger partial charge in [0.05, 0.1) is 23.5 Å². The number of hydrogen-bond acceptors (Lipinski definition) is 5. The number of hydrogen-bond donors (Lipinski definition) is 1. The van der Waals surface area contributed by atoms with E-state index in [-0.39, 0.29) is 6.61 Å². The van der Waals surface area contributed by atoms with E-state index in [4.69, 9.17) is 0 Å². The van der Waals surface area contributed by atoms with E-state index < -0.39 is 11.7 Å². The summed E-state index contributed by atoms with van der Waals surface area (Å²) in [4.78, 5) is 8.95. The summed E-state index contributed by atoms with van der Waals surface area (Å²) in [6, 6.07) is 13.1. The Balaban J connectivity index is 1.31. The smallest absolute Gasteiger partial charge is 0.395 e. The minimum atomic E-state index is -4.35. The van der Waals surface area contributed by atoms with Crippen LogP contribution in [0.2, 0.25) is 0 Å². The predicted molar refractivity (Wildman–Crippen MR) is 121 cm³/mol. The summed E-state index contributed by atoms with van der Waals surface area (Å²) < 4.78 is 40.2. The first kappa shape index (κ1) is 22.1. The summed E-state index contributed by atoms with van der Waals surface area (Å²) >= 11 is 1.54. The van der Waals surface area contributed by atoms with Gasteiger partial charge in [0.2, 0.25) is 0 Å². The predicted octanol–water partition coefficient (Wildman–Crippen LogP) is 4.84. The van der Waals surface area contributed by atoms with E-state index >= 15 is 0 Å². The highest BCUT2D eigenvalue weighted by atomic mass is 32.2. The van der Waals surface area contributed by atoms with Crippen LogP contribution in [0, 0.1) is 0 Å². The minimum Gasteiger partial charge on any atom is -0.395 e. The maximum atomic E-state index is 13.4. The number of benzene rings is 2. The van der Waals surface area contributed by atoms with Gasteiger partial charge < -0.3 is 14.9 Å². The van der Waals surface area contributed by atoms with Gasteiger partial charge in [0.1, 0.15) is 0 Å². The van der Waals surface area contributed by atoms with Gasteiger partial charge in [0.25, 0.3) is 0 Å². The van der Waals surface area contributed by atoms with Gasteiger partial charge in [-0.25, -0.2) is 0 Å². The van der Waals surface area contributed by atoms with Crippen molar-refractivity contribution in [3.8, 4) is 0 Å². The van der Waals surface area contributed by atoms with E-state index in [1.54, 1.807) is 6.07 Å². The van der Waals surface area contributed by atoms with Crippen molar-refractivity contribution in [2.75, 3.05) is 44.2 Å². The Hall–Kier alpha value is -1.74. The molecule has 172 valence electrons. The molecule has 2 fully saturated rings. The fourth-order valence-corrected chi connectivity index (χ4v) is 6.52. The summed E-state index contributed by atoms with van der Waals surface area (Å²) in [5, 5.41) is 9.33. The quantitative estimate of drug-likeness (QED) is 0.663. The molecule has 2 aromatic carbocycles. The van der Waals surface area contributed by atoms with Gasteiger partial charge in [0.15, 0.2) is 0 Å². The van der Waals surface area contributed by atoms with Crippen molar-refractivity contribution >= 4 is 23.1 Å². The molecule has 0 aromatic heterocycles. The monoisotopic (exact) mass is 463 g/mol. The molecule has 3 aliphatic heterocycles. The Morgan fingerprint density at radius 2 is 1.62 bits per heavy atom. The standard InChI is InChI=1S/C24H28F3N3OS/c25-24(26,27)17-6-9-23-21(14-17)30(20-4-1-2-5-22(20)32-23)11-3-10-28-15-18-7-8-19(16-28)29(18)12-13-31/h1-2,4-6,9,14,18-19,31H,3,7-8,10-13,15-16H2. The zero-order valence-electron chi connectivity index (χ0n) is 17.9. The van der Waals surface area contributed by atoms with Crippen LogP contribution >= 0.6 is 11.8 Å². The fourth-order valence-electron chi connectivity index (χ4n) is 5.44. The zero-order valence-corrected chi connectivity index (χ0v) is 18.7. The van der Waals surface area contributed by atoms with E-state index in [0.717, 1.165) is 48.1 Å². The molecule has 2 saturated heterocycles. The Labute approximate surface area is 191 Å². The number of piperazine rings is 1. The highest BCUT2D eigenvalue weighted by molar-refractivity contribution is 7.99. The first-order chi connectivity index (χ1) is 15.4. The summed E-state index contributed by atoms with van der Waals surface area (Å²) in [7, 11) is 0. The van der Waals surface area contributed by atoms with Crippen molar-refractivity contribution < 1.29 is 18.3 Å². The Kier molecular flexibility index (Phi) is 6.13. The molecule has 5 rings (SSSR count). The van der Waals surface area contributed by atoms with Crippen molar-refractivity contribution in [3.63, 3.8) is 0 Å². The van der Waals surface area contributed by atoms with Crippen LogP contribution in [-0.2, 0) is 6.18 Å². The van der Waals surface area contributed by atoms with Crippen molar-refractivity contribution in [1.82, 2.24) is 9.80 Å². The third-order valence-corrected chi connectivity index (χ3v) is 8.01. The van der Waals surface area contributed by atoms with Crippen LogP contribution < -0.4 is 4.90 Å². The summed E-state index contributed by atoms with van der Waals surface area (Å²) in [6.45, 7) is 4.59. The maximum Gasteiger partial charge on any atom is 0.416 e. The van der Waals surface area contributed by atoms with Crippen molar-refractivity contribution in [3.05, 3.63) is 48.0 Å². The van der Waals surface area contributed by atoms with Crippen LogP contribution in [0.4, 0.5) is 24.5 Å². The van der Waals surface area contributed by atoms with Crippen LogP contribution in [-0.4, -0.2) is 66.3 Å². The van der Waals surface area contributed by atoms with Gasteiger partial charge in [-0.15, -0.1) is 0 Å². The van der Waals surface area contributed by atoms with Crippen molar-refractivity contribution in [1.29, 1.82) is 0 Å². The van der Waals surface area contributed by atoms with Crippen LogP contribution in [0.5, 0.6) is 0 Å². The molecule has 0 amide bonds. The van der Waals surface area contributed by atoms with Crippen LogP contribution in [0.15, 0.2) is 52.3 Å². The lowest BCUT2D eigenvalue weighted by Crippen LogP contribution is -2.54. The highest BCUT2D eigenvalue weighted by Gasteiger charge is 2.39. The first-order valence-corrected chi connectivity index (χ1v) is 12.1. The molecule has 3 aliphatic rings. The third kappa shape index (κ3) is 4.25. The molecule has 2 bridgehead atoms. The molecule has 2 unspecified atom stereocenters. The second-order valence-corrected chi connectivity index (χ2v) is 9.95. The molecule has 3 heterocycles. The Morgan fingerprint density at radius 3 is 2.34 bits per heavy atom. The zero-order chi connectivity index (χ0) is 22.3. The van der Waals surface area contributed by atoms with Gasteiger partial charge in [-0.3, -0.25) is 4.90 Å². The Bertz CT molecular complexity index is 956. The topological polar surface area (TPSA) is 30.0 Å². The molecule has 8 heteroatoms. The lowest BCUT2D eigenvalue weighted by molar-refractivity contribution is -0.137. The normalized spacial score (nSPS) is 23.3. The number of fused-ring (bicyclic) bond motifs is 4. The van der Waals surface area contributed by atoms with E-state index in [0.29, 0.717) is 24.3 Å². The molecular formula is C24H28F3N3OS. The number of anilines is 2. The molecule has 1 N–H and O–H groups in total. The molecule has 0 saturated carbocycles. The molecule has 4 nitrogen and oxygen atoms in total. The summed E-state index contributed by atoms with van der Waals surface area (Å²) in [5.74, 6) is 0. The van der Waals surface area contributed by atoms with Gasteiger partial charge in [-0.05, 0) is 56.1 Å².